The molecule has 0 aliphatic rings. The average molecular weight is 424 g/mol. The molecule has 7 nitrogen and oxygen atoms in total. The van der Waals surface area contributed by atoms with E-state index in [2.05, 4.69) is 25.0 Å². The quantitative estimate of drug-likeness (QED) is 0.700. The Balaban J connectivity index is 2.03. The van der Waals surface area contributed by atoms with Crippen molar-refractivity contribution >= 4 is 11.7 Å². The lowest BCUT2D eigenvalue weighted by atomic mass is 10.1. The van der Waals surface area contributed by atoms with E-state index in [1.54, 1.807) is 27.7 Å². The van der Waals surface area contributed by atoms with Crippen LogP contribution in [0, 0.1) is 19.8 Å². The molecule has 0 fully saturated rings. The summed E-state index contributed by atoms with van der Waals surface area (Å²) in [5.41, 5.74) is 1.92. The molecule has 2 heterocycles. The zero-order chi connectivity index (χ0) is 22.5. The predicted molar refractivity (Wildman–Crippen MR) is 102 cm³/mol. The molecule has 0 aromatic carbocycles. The van der Waals surface area contributed by atoms with Gasteiger partial charge in [-0.15, -0.1) is 0 Å². The number of Topliss-reactive ketones (excluding diaryl/α,β-unsaturated/α-hetero) is 1. The molecule has 0 aliphatic heterocycles. The monoisotopic (exact) mass is 424 g/mol. The highest BCUT2D eigenvalue weighted by Crippen LogP contribution is 2.19. The predicted octanol–water partition coefficient (Wildman–Crippen LogP) is 3.13. The average Bonchev–Trinajstić information content (AvgIpc) is 2.64. The molecule has 0 spiro atoms. The van der Waals surface area contributed by atoms with Gasteiger partial charge in [0, 0.05) is 30.4 Å². The summed E-state index contributed by atoms with van der Waals surface area (Å²) in [4.78, 5) is 36.6. The minimum atomic E-state index is -4.45. The number of ether oxygens (including phenoxy) is 1. The largest absolute Gasteiger partial charge is 0.468 e. The van der Waals surface area contributed by atoms with Crippen molar-refractivity contribution in [2.45, 2.75) is 46.8 Å². The Kier molecular flexibility index (Phi) is 7.47. The number of nitrogens with one attached hydrogen (secondary N) is 1. The lowest BCUT2D eigenvalue weighted by molar-refractivity contribution is -0.154. The first-order chi connectivity index (χ1) is 13.9. The first kappa shape index (κ1) is 23.2. The number of alkyl halides is 3. The summed E-state index contributed by atoms with van der Waals surface area (Å²) in [5.74, 6) is -0.518. The Morgan fingerprint density at radius 1 is 1.17 bits per heavy atom. The van der Waals surface area contributed by atoms with E-state index in [9.17, 15) is 22.8 Å². The molecular weight excluding hydrogens is 401 g/mol. The van der Waals surface area contributed by atoms with Crippen LogP contribution in [0.4, 0.5) is 13.2 Å². The number of pyridine rings is 1. The smallest absolute Gasteiger partial charge is 0.422 e. The van der Waals surface area contributed by atoms with Gasteiger partial charge in [-0.25, -0.2) is 15.0 Å². The molecule has 1 N–H and O–H groups in total. The highest BCUT2D eigenvalue weighted by Gasteiger charge is 2.28. The fourth-order valence-corrected chi connectivity index (χ4v) is 2.43. The topological polar surface area (TPSA) is 94.1 Å². The first-order valence-electron chi connectivity index (χ1n) is 9.25. The highest BCUT2D eigenvalue weighted by molar-refractivity contribution is 5.92. The van der Waals surface area contributed by atoms with E-state index in [4.69, 9.17) is 0 Å². The maximum atomic E-state index is 12.5. The molecule has 0 unspecified atom stereocenters. The molecule has 2 aromatic heterocycles. The number of nitrogens with zero attached hydrogens (tertiary/aromatic N) is 3. The van der Waals surface area contributed by atoms with Gasteiger partial charge < -0.3 is 10.1 Å². The van der Waals surface area contributed by atoms with E-state index < -0.39 is 18.7 Å². The minimum Gasteiger partial charge on any atom is -0.468 e. The normalized spacial score (nSPS) is 11.5. The summed E-state index contributed by atoms with van der Waals surface area (Å²) >= 11 is 0. The first-order valence-corrected chi connectivity index (χ1v) is 9.25. The van der Waals surface area contributed by atoms with Gasteiger partial charge in [-0.2, -0.15) is 13.2 Å². The van der Waals surface area contributed by atoms with Gasteiger partial charge in [0.2, 0.25) is 5.88 Å². The lowest BCUT2D eigenvalue weighted by Crippen LogP contribution is -2.25. The van der Waals surface area contributed by atoms with E-state index in [0.717, 1.165) is 0 Å². The molecule has 10 heteroatoms. The number of carbonyl (C=O) groups is 2. The third-order valence-electron chi connectivity index (χ3n) is 4.13. The number of halogens is 3. The van der Waals surface area contributed by atoms with Crippen LogP contribution in [0.3, 0.4) is 0 Å². The van der Waals surface area contributed by atoms with Crippen molar-refractivity contribution in [2.75, 3.05) is 6.61 Å². The Bertz CT molecular complexity index is 930. The van der Waals surface area contributed by atoms with Crippen LogP contribution < -0.4 is 10.1 Å². The lowest BCUT2D eigenvalue weighted by Gasteiger charge is -2.12. The summed E-state index contributed by atoms with van der Waals surface area (Å²) in [6, 6.07) is 2.88. The van der Waals surface area contributed by atoms with E-state index >= 15 is 0 Å². The second-order valence-corrected chi connectivity index (χ2v) is 7.14. The number of carbonyl (C=O) groups excluding carboxylic acids is 2. The number of rotatable bonds is 8. The molecule has 2 rings (SSSR count). The Morgan fingerprint density at radius 3 is 2.47 bits per heavy atom. The maximum absolute atomic E-state index is 12.5. The van der Waals surface area contributed by atoms with Crippen LogP contribution in [-0.4, -0.2) is 39.4 Å². The fourth-order valence-electron chi connectivity index (χ4n) is 2.43. The third-order valence-corrected chi connectivity index (χ3v) is 4.13. The Morgan fingerprint density at radius 2 is 1.87 bits per heavy atom. The van der Waals surface area contributed by atoms with Crippen molar-refractivity contribution in [1.82, 2.24) is 20.3 Å². The SMILES string of the molecule is Cc1cc(C(=O)NCc2cnc(OCC(F)(F)F)cc2C)nc(CC(=O)C(C)C)n1. The van der Waals surface area contributed by atoms with Gasteiger partial charge in [0.1, 0.15) is 17.3 Å². The van der Waals surface area contributed by atoms with Gasteiger partial charge in [-0.1, -0.05) is 13.8 Å². The third kappa shape index (κ3) is 7.09. The van der Waals surface area contributed by atoms with Gasteiger partial charge in [0.25, 0.3) is 5.91 Å². The summed E-state index contributed by atoms with van der Waals surface area (Å²) in [7, 11) is 0. The Hall–Kier alpha value is -3.04. The van der Waals surface area contributed by atoms with Crippen LogP contribution in [0.2, 0.25) is 0 Å². The van der Waals surface area contributed by atoms with Crippen molar-refractivity contribution < 1.29 is 27.5 Å². The van der Waals surface area contributed by atoms with Crippen LogP contribution in [0.15, 0.2) is 18.3 Å². The molecule has 0 saturated heterocycles. The summed E-state index contributed by atoms with van der Waals surface area (Å²) in [6.07, 6.45) is -3.06. The molecule has 162 valence electrons. The summed E-state index contributed by atoms with van der Waals surface area (Å²) in [6.45, 7) is 5.61. The van der Waals surface area contributed by atoms with Gasteiger partial charge in [-0.3, -0.25) is 9.59 Å². The second-order valence-electron chi connectivity index (χ2n) is 7.14. The number of hydrogen-bond acceptors (Lipinski definition) is 6. The van der Waals surface area contributed by atoms with Gasteiger partial charge in [-0.05, 0) is 31.0 Å². The van der Waals surface area contributed by atoms with Crippen LogP contribution >= 0.6 is 0 Å². The number of aryl methyl sites for hydroxylation is 2. The van der Waals surface area contributed by atoms with Crippen LogP contribution in [0.5, 0.6) is 5.88 Å². The van der Waals surface area contributed by atoms with Crippen molar-refractivity contribution in [3.05, 3.63) is 46.7 Å². The van der Waals surface area contributed by atoms with E-state index in [-0.39, 0.29) is 42.1 Å². The highest BCUT2D eigenvalue weighted by atomic mass is 19.4. The number of amides is 1. The second kappa shape index (κ2) is 9.64. The van der Waals surface area contributed by atoms with Gasteiger partial charge in [0.05, 0.1) is 6.42 Å². The molecule has 0 aliphatic carbocycles. The molecular formula is C20H23F3N4O3. The summed E-state index contributed by atoms with van der Waals surface area (Å²) < 4.78 is 41.3. The number of aromatic nitrogens is 3. The van der Waals surface area contributed by atoms with E-state index in [1.807, 2.05) is 0 Å². The molecule has 0 bridgehead atoms. The summed E-state index contributed by atoms with van der Waals surface area (Å²) in [5, 5.41) is 2.69. The van der Waals surface area contributed by atoms with E-state index in [1.165, 1.54) is 18.3 Å². The minimum absolute atomic E-state index is 0.0264. The number of hydrogen-bond donors (Lipinski definition) is 1. The van der Waals surface area contributed by atoms with E-state index in [0.29, 0.717) is 16.8 Å². The zero-order valence-electron chi connectivity index (χ0n) is 17.1. The van der Waals surface area contributed by atoms with Crippen LogP contribution in [-0.2, 0) is 17.8 Å². The molecule has 2 aromatic rings. The molecule has 30 heavy (non-hydrogen) atoms. The molecule has 0 atom stereocenters. The molecule has 0 radical (unpaired) electrons. The Labute approximate surface area is 172 Å². The van der Waals surface area contributed by atoms with Crippen molar-refractivity contribution in [2.24, 2.45) is 5.92 Å². The van der Waals surface area contributed by atoms with Crippen molar-refractivity contribution in [3.8, 4) is 5.88 Å². The maximum Gasteiger partial charge on any atom is 0.422 e. The van der Waals surface area contributed by atoms with Crippen molar-refractivity contribution in [1.29, 1.82) is 0 Å². The van der Waals surface area contributed by atoms with Gasteiger partial charge >= 0.3 is 6.18 Å². The van der Waals surface area contributed by atoms with Crippen LogP contribution in [0.25, 0.3) is 0 Å². The zero-order valence-corrected chi connectivity index (χ0v) is 17.1. The van der Waals surface area contributed by atoms with Crippen molar-refractivity contribution in [3.63, 3.8) is 0 Å². The van der Waals surface area contributed by atoms with Crippen LogP contribution in [0.1, 0.15) is 47.0 Å². The van der Waals surface area contributed by atoms with Gasteiger partial charge in [0.15, 0.2) is 6.61 Å². The molecule has 0 saturated carbocycles. The number of ketones is 1. The standard InChI is InChI=1S/C20H23F3N4O3/c1-11(2)16(28)7-17-26-13(4)6-15(27-17)19(29)25-9-14-8-24-18(5-12(14)3)30-10-20(21,22)23/h5-6,8,11H,7,9-10H2,1-4H3,(H,25,29). The molecule has 1 amide bonds. The fraction of sp³-hybridized carbons (Fsp3) is 0.450.